The maximum atomic E-state index is 13.4. The number of ketones is 1. The first-order valence-electron chi connectivity index (χ1n) is 9.06. The summed E-state index contributed by atoms with van der Waals surface area (Å²) >= 11 is 0. The third kappa shape index (κ3) is 3.22. The smallest absolute Gasteiger partial charge is 0.320 e. The Morgan fingerprint density at radius 1 is 1.15 bits per heavy atom. The number of aryl methyl sites for hydroxylation is 1. The number of hydrogen-bond donors (Lipinski definition) is 0. The lowest BCUT2D eigenvalue weighted by Gasteiger charge is -2.38. The van der Waals surface area contributed by atoms with Crippen molar-refractivity contribution in [1.82, 2.24) is 0 Å². The summed E-state index contributed by atoms with van der Waals surface area (Å²) in [4.78, 5) is 26.5. The van der Waals surface area contributed by atoms with Crippen LogP contribution in [0.5, 0.6) is 0 Å². The molecule has 0 spiro atoms. The van der Waals surface area contributed by atoms with Crippen molar-refractivity contribution >= 4 is 11.8 Å². The molecule has 0 bridgehead atoms. The molecular formula is C23H24O3. The van der Waals surface area contributed by atoms with Gasteiger partial charge < -0.3 is 4.74 Å². The molecule has 0 N–H and O–H groups in total. The predicted octanol–water partition coefficient (Wildman–Crippen LogP) is 4.76. The van der Waals surface area contributed by atoms with Gasteiger partial charge >= 0.3 is 5.97 Å². The third-order valence-electron chi connectivity index (χ3n) is 5.29. The monoisotopic (exact) mass is 348 g/mol. The SMILES string of the molecule is C/C=C/[C@@H](C)[C@@]1(C(=O)OCc2ccccc2)CCc2ccccc2C1=O. The molecule has 0 unspecified atom stereocenters. The number of benzene rings is 2. The molecule has 0 radical (unpaired) electrons. The van der Waals surface area contributed by atoms with Crippen molar-refractivity contribution < 1.29 is 14.3 Å². The fourth-order valence-electron chi connectivity index (χ4n) is 3.77. The molecule has 0 saturated carbocycles. The third-order valence-corrected chi connectivity index (χ3v) is 5.29. The largest absolute Gasteiger partial charge is 0.460 e. The van der Waals surface area contributed by atoms with Crippen LogP contribution in [0.4, 0.5) is 0 Å². The zero-order chi connectivity index (χ0) is 18.6. The molecule has 26 heavy (non-hydrogen) atoms. The van der Waals surface area contributed by atoms with E-state index in [4.69, 9.17) is 4.74 Å². The van der Waals surface area contributed by atoms with Crippen LogP contribution in [-0.2, 0) is 22.6 Å². The Hall–Kier alpha value is -2.68. The highest BCUT2D eigenvalue weighted by atomic mass is 16.5. The van der Waals surface area contributed by atoms with Gasteiger partial charge in [0.05, 0.1) is 0 Å². The predicted molar refractivity (Wildman–Crippen MR) is 102 cm³/mol. The lowest BCUT2D eigenvalue weighted by atomic mass is 9.63. The maximum Gasteiger partial charge on any atom is 0.320 e. The van der Waals surface area contributed by atoms with Crippen LogP contribution in [-0.4, -0.2) is 11.8 Å². The average Bonchev–Trinajstić information content (AvgIpc) is 2.68. The van der Waals surface area contributed by atoms with Gasteiger partial charge in [0.1, 0.15) is 12.0 Å². The van der Waals surface area contributed by atoms with Crippen molar-refractivity contribution in [2.45, 2.75) is 33.3 Å². The molecule has 0 saturated heterocycles. The molecule has 3 heteroatoms. The number of hydrogen-bond acceptors (Lipinski definition) is 3. The minimum Gasteiger partial charge on any atom is -0.460 e. The van der Waals surface area contributed by atoms with Gasteiger partial charge in [-0.05, 0) is 36.8 Å². The Kier molecular flexibility index (Phi) is 5.36. The molecule has 3 nitrogen and oxygen atoms in total. The molecule has 3 rings (SSSR count). The van der Waals surface area contributed by atoms with E-state index >= 15 is 0 Å². The minimum atomic E-state index is -1.16. The second-order valence-corrected chi connectivity index (χ2v) is 6.83. The second kappa shape index (κ2) is 7.69. The molecule has 1 aliphatic carbocycles. The first kappa shape index (κ1) is 18.1. The van der Waals surface area contributed by atoms with E-state index in [-0.39, 0.29) is 18.3 Å². The fourth-order valence-corrected chi connectivity index (χ4v) is 3.77. The average molecular weight is 348 g/mol. The van der Waals surface area contributed by atoms with Gasteiger partial charge in [-0.1, -0.05) is 73.7 Å². The molecule has 1 aliphatic rings. The molecular weight excluding hydrogens is 324 g/mol. The van der Waals surface area contributed by atoms with E-state index in [1.807, 2.05) is 80.6 Å². The number of allylic oxidation sites excluding steroid dienone is 2. The van der Waals surface area contributed by atoms with Crippen molar-refractivity contribution in [2.75, 3.05) is 0 Å². The first-order chi connectivity index (χ1) is 12.6. The summed E-state index contributed by atoms with van der Waals surface area (Å²) < 4.78 is 5.63. The normalized spacial score (nSPS) is 20.6. The van der Waals surface area contributed by atoms with Crippen LogP contribution in [0.2, 0.25) is 0 Å². The molecule has 2 aromatic rings. The summed E-state index contributed by atoms with van der Waals surface area (Å²) in [5.74, 6) is -0.772. The van der Waals surface area contributed by atoms with Crippen LogP contribution in [0.3, 0.4) is 0 Å². The van der Waals surface area contributed by atoms with E-state index in [2.05, 4.69) is 0 Å². The Labute approximate surface area is 154 Å². The number of carbonyl (C=O) groups excluding carboxylic acids is 2. The van der Waals surface area contributed by atoms with Crippen LogP contribution >= 0.6 is 0 Å². The van der Waals surface area contributed by atoms with Crippen molar-refractivity contribution in [3.63, 3.8) is 0 Å². The molecule has 2 aromatic carbocycles. The number of fused-ring (bicyclic) bond motifs is 1. The molecule has 0 aromatic heterocycles. The number of ether oxygens (including phenoxy) is 1. The topological polar surface area (TPSA) is 43.4 Å². The van der Waals surface area contributed by atoms with Gasteiger partial charge in [0.25, 0.3) is 0 Å². The van der Waals surface area contributed by atoms with Gasteiger partial charge in [0.15, 0.2) is 5.78 Å². The number of carbonyl (C=O) groups is 2. The Balaban J connectivity index is 1.93. The fraction of sp³-hybridized carbons (Fsp3) is 0.304. The number of esters is 1. The van der Waals surface area contributed by atoms with Crippen molar-refractivity contribution in [2.24, 2.45) is 11.3 Å². The van der Waals surface area contributed by atoms with Crippen molar-refractivity contribution in [3.05, 3.63) is 83.4 Å². The summed E-state index contributed by atoms with van der Waals surface area (Å²) in [7, 11) is 0. The molecule has 2 atom stereocenters. The molecule has 0 amide bonds. The Morgan fingerprint density at radius 3 is 2.58 bits per heavy atom. The van der Waals surface area contributed by atoms with Gasteiger partial charge in [-0.25, -0.2) is 0 Å². The first-order valence-corrected chi connectivity index (χ1v) is 9.06. The van der Waals surface area contributed by atoms with E-state index in [1.165, 1.54) is 0 Å². The van der Waals surface area contributed by atoms with E-state index in [9.17, 15) is 9.59 Å². The standard InChI is InChI=1S/C23H24O3/c1-3-9-17(2)23(22(25)26-16-18-10-5-4-6-11-18)15-14-19-12-7-8-13-20(19)21(23)24/h3-13,17H,14-16H2,1-2H3/b9-3+/t17-,23+/m1/s1. The maximum absolute atomic E-state index is 13.4. The van der Waals surface area contributed by atoms with Crippen LogP contribution in [0, 0.1) is 11.3 Å². The lowest BCUT2D eigenvalue weighted by molar-refractivity contribution is -0.156. The highest BCUT2D eigenvalue weighted by Crippen LogP contribution is 2.43. The number of rotatable bonds is 5. The Morgan fingerprint density at radius 2 is 1.85 bits per heavy atom. The van der Waals surface area contributed by atoms with Crippen LogP contribution < -0.4 is 0 Å². The van der Waals surface area contributed by atoms with Crippen LogP contribution in [0.1, 0.15) is 41.8 Å². The van der Waals surface area contributed by atoms with Gasteiger partial charge in [-0.2, -0.15) is 0 Å². The quantitative estimate of drug-likeness (QED) is 0.445. The molecule has 0 heterocycles. The van der Waals surface area contributed by atoms with Crippen molar-refractivity contribution in [1.29, 1.82) is 0 Å². The van der Waals surface area contributed by atoms with Crippen LogP contribution in [0.15, 0.2) is 66.7 Å². The molecule has 0 fully saturated rings. The molecule has 0 aliphatic heterocycles. The van der Waals surface area contributed by atoms with E-state index < -0.39 is 11.4 Å². The second-order valence-electron chi connectivity index (χ2n) is 6.83. The molecule has 134 valence electrons. The Bertz CT molecular complexity index is 822. The van der Waals surface area contributed by atoms with Crippen LogP contribution in [0.25, 0.3) is 0 Å². The minimum absolute atomic E-state index is 0.122. The highest BCUT2D eigenvalue weighted by Gasteiger charge is 2.52. The summed E-state index contributed by atoms with van der Waals surface area (Å²) in [6, 6.07) is 17.1. The summed E-state index contributed by atoms with van der Waals surface area (Å²) in [5.41, 5.74) is 1.41. The summed E-state index contributed by atoms with van der Waals surface area (Å²) in [6.45, 7) is 4.01. The van der Waals surface area contributed by atoms with E-state index in [0.717, 1.165) is 11.1 Å². The highest BCUT2D eigenvalue weighted by molar-refractivity contribution is 6.14. The van der Waals surface area contributed by atoms with E-state index in [0.29, 0.717) is 18.4 Å². The van der Waals surface area contributed by atoms with Gasteiger partial charge in [-0.3, -0.25) is 9.59 Å². The zero-order valence-corrected chi connectivity index (χ0v) is 15.3. The van der Waals surface area contributed by atoms with Gasteiger partial charge in [0, 0.05) is 5.56 Å². The lowest BCUT2D eigenvalue weighted by Crippen LogP contribution is -2.48. The summed E-state index contributed by atoms with van der Waals surface area (Å²) in [6.07, 6.45) is 4.99. The van der Waals surface area contributed by atoms with E-state index in [1.54, 1.807) is 0 Å². The van der Waals surface area contributed by atoms with Gasteiger partial charge in [-0.15, -0.1) is 0 Å². The zero-order valence-electron chi connectivity index (χ0n) is 15.3. The number of Topliss-reactive ketones (excluding diaryl/α,β-unsaturated/α-hetero) is 1. The van der Waals surface area contributed by atoms with Crippen molar-refractivity contribution in [3.8, 4) is 0 Å². The van der Waals surface area contributed by atoms with Gasteiger partial charge in [0.2, 0.25) is 0 Å². The summed E-state index contributed by atoms with van der Waals surface area (Å²) in [5, 5.41) is 0.